The van der Waals surface area contributed by atoms with Crippen LogP contribution in [0.4, 0.5) is 0 Å². The first-order valence-corrected chi connectivity index (χ1v) is 10.7. The number of ether oxygens (including phenoxy) is 1. The molecule has 3 aromatic rings. The second kappa shape index (κ2) is 10.6. The number of hydrogen-bond acceptors (Lipinski definition) is 6. The highest BCUT2D eigenvalue weighted by atomic mass is 32.2. The molecule has 162 valence electrons. The van der Waals surface area contributed by atoms with Gasteiger partial charge in [-0.05, 0) is 36.8 Å². The summed E-state index contributed by atoms with van der Waals surface area (Å²) in [5.74, 6) is 1.21. The third kappa shape index (κ3) is 6.08. The summed E-state index contributed by atoms with van der Waals surface area (Å²) in [6.45, 7) is 2.18. The Kier molecular flexibility index (Phi) is 7.66. The van der Waals surface area contributed by atoms with Crippen LogP contribution in [-0.4, -0.2) is 39.4 Å². The van der Waals surface area contributed by atoms with E-state index >= 15 is 0 Å². The average molecular weight is 440 g/mol. The molecule has 8 nitrogen and oxygen atoms in total. The fourth-order valence-corrected chi connectivity index (χ4v) is 3.61. The summed E-state index contributed by atoms with van der Waals surface area (Å²) < 4.78 is 6.87. The minimum absolute atomic E-state index is 0.0717. The van der Waals surface area contributed by atoms with E-state index in [0.717, 1.165) is 5.56 Å². The van der Waals surface area contributed by atoms with E-state index in [-0.39, 0.29) is 30.2 Å². The summed E-state index contributed by atoms with van der Waals surface area (Å²) >= 11 is 1.30. The second-order valence-electron chi connectivity index (χ2n) is 6.86. The molecule has 3 rings (SSSR count). The van der Waals surface area contributed by atoms with Crippen molar-refractivity contribution in [3.63, 3.8) is 0 Å². The van der Waals surface area contributed by atoms with Gasteiger partial charge in [-0.3, -0.25) is 9.59 Å². The first-order chi connectivity index (χ1) is 15.0. The van der Waals surface area contributed by atoms with Crippen molar-refractivity contribution in [3.05, 3.63) is 71.5 Å². The van der Waals surface area contributed by atoms with Crippen LogP contribution in [0.1, 0.15) is 34.7 Å². The van der Waals surface area contributed by atoms with E-state index in [1.807, 2.05) is 44.3 Å². The standard InChI is InChI=1S/C22H25N5O3S/c1-15(16-7-5-4-6-8-16)24-20(28)14-31-22-26-25-19(27(22)2)13-23-21(29)17-9-11-18(30-3)12-10-17/h4-12,15H,13-14H2,1-3H3,(H,23,29)(H,24,28)/t15-/m0/s1. The number of rotatable bonds is 9. The fraction of sp³-hybridized carbons (Fsp3) is 0.273. The largest absolute Gasteiger partial charge is 0.497 e. The highest BCUT2D eigenvalue weighted by Gasteiger charge is 2.14. The van der Waals surface area contributed by atoms with E-state index in [0.29, 0.717) is 22.3 Å². The van der Waals surface area contributed by atoms with E-state index in [9.17, 15) is 9.59 Å². The Morgan fingerprint density at radius 1 is 1.10 bits per heavy atom. The van der Waals surface area contributed by atoms with E-state index in [1.165, 1.54) is 11.8 Å². The SMILES string of the molecule is COc1ccc(C(=O)NCc2nnc(SCC(=O)N[C@@H](C)c3ccccc3)n2C)cc1. The smallest absolute Gasteiger partial charge is 0.251 e. The molecule has 0 aliphatic carbocycles. The van der Waals surface area contributed by atoms with Crippen molar-refractivity contribution >= 4 is 23.6 Å². The maximum absolute atomic E-state index is 12.3. The van der Waals surface area contributed by atoms with Gasteiger partial charge < -0.3 is 19.9 Å². The van der Waals surface area contributed by atoms with Crippen molar-refractivity contribution in [2.45, 2.75) is 24.7 Å². The molecule has 2 aromatic carbocycles. The summed E-state index contributed by atoms with van der Waals surface area (Å²) in [5, 5.41) is 14.7. The number of benzene rings is 2. The number of carbonyl (C=O) groups excluding carboxylic acids is 2. The van der Waals surface area contributed by atoms with Gasteiger partial charge in [-0.1, -0.05) is 42.1 Å². The maximum Gasteiger partial charge on any atom is 0.251 e. The first-order valence-electron chi connectivity index (χ1n) is 9.75. The van der Waals surface area contributed by atoms with Crippen LogP contribution in [0.3, 0.4) is 0 Å². The maximum atomic E-state index is 12.3. The highest BCUT2D eigenvalue weighted by Crippen LogP contribution is 2.17. The van der Waals surface area contributed by atoms with E-state index in [4.69, 9.17) is 4.74 Å². The zero-order chi connectivity index (χ0) is 22.2. The van der Waals surface area contributed by atoms with Gasteiger partial charge >= 0.3 is 0 Å². The molecule has 1 aromatic heterocycles. The summed E-state index contributed by atoms with van der Waals surface area (Å²) in [6.07, 6.45) is 0. The van der Waals surface area contributed by atoms with Crippen molar-refractivity contribution < 1.29 is 14.3 Å². The molecular formula is C22H25N5O3S. The van der Waals surface area contributed by atoms with Gasteiger partial charge in [-0.15, -0.1) is 10.2 Å². The molecule has 0 aliphatic heterocycles. The fourth-order valence-electron chi connectivity index (χ4n) is 2.87. The topological polar surface area (TPSA) is 98.1 Å². The summed E-state index contributed by atoms with van der Waals surface area (Å²) in [6, 6.07) is 16.6. The number of amides is 2. The first kappa shape index (κ1) is 22.4. The molecule has 0 aliphatic rings. The second-order valence-corrected chi connectivity index (χ2v) is 7.80. The van der Waals surface area contributed by atoms with Gasteiger partial charge in [-0.25, -0.2) is 0 Å². The van der Waals surface area contributed by atoms with Crippen molar-refractivity contribution in [2.75, 3.05) is 12.9 Å². The van der Waals surface area contributed by atoms with Gasteiger partial charge in [0.25, 0.3) is 5.91 Å². The zero-order valence-corrected chi connectivity index (χ0v) is 18.5. The molecule has 9 heteroatoms. The molecule has 2 amide bonds. The molecule has 0 bridgehead atoms. The van der Waals surface area contributed by atoms with Crippen molar-refractivity contribution in [1.82, 2.24) is 25.4 Å². The summed E-state index contributed by atoms with van der Waals surface area (Å²) in [5.41, 5.74) is 1.58. The highest BCUT2D eigenvalue weighted by molar-refractivity contribution is 7.99. The molecule has 2 N–H and O–H groups in total. The normalized spacial score (nSPS) is 11.6. The molecule has 0 fully saturated rings. The predicted molar refractivity (Wildman–Crippen MR) is 119 cm³/mol. The minimum atomic E-state index is -0.214. The van der Waals surface area contributed by atoms with Gasteiger partial charge in [0.15, 0.2) is 11.0 Å². The third-order valence-electron chi connectivity index (χ3n) is 4.69. The van der Waals surface area contributed by atoms with E-state index < -0.39 is 0 Å². The lowest BCUT2D eigenvalue weighted by atomic mass is 10.1. The molecule has 1 atom stereocenters. The van der Waals surface area contributed by atoms with Crippen molar-refractivity contribution in [1.29, 1.82) is 0 Å². The Morgan fingerprint density at radius 2 is 1.81 bits per heavy atom. The van der Waals surface area contributed by atoms with Crippen LogP contribution >= 0.6 is 11.8 Å². The Balaban J connectivity index is 1.49. The molecule has 0 spiro atoms. The Labute approximate surface area is 185 Å². The lowest BCUT2D eigenvalue weighted by Gasteiger charge is -2.14. The van der Waals surface area contributed by atoms with Gasteiger partial charge in [0.05, 0.1) is 25.4 Å². The number of aromatic nitrogens is 3. The quantitative estimate of drug-likeness (QED) is 0.498. The lowest BCUT2D eigenvalue weighted by Crippen LogP contribution is -2.28. The van der Waals surface area contributed by atoms with E-state index in [2.05, 4.69) is 20.8 Å². The molecule has 0 radical (unpaired) electrons. The molecule has 0 saturated carbocycles. The monoisotopic (exact) mass is 439 g/mol. The number of nitrogens with one attached hydrogen (secondary N) is 2. The predicted octanol–water partition coefficient (Wildman–Crippen LogP) is 2.72. The summed E-state index contributed by atoms with van der Waals surface area (Å²) in [4.78, 5) is 24.6. The summed E-state index contributed by atoms with van der Waals surface area (Å²) in [7, 11) is 3.38. The third-order valence-corrected chi connectivity index (χ3v) is 5.71. The number of carbonyl (C=O) groups is 2. The number of thioether (sulfide) groups is 1. The van der Waals surface area contributed by atoms with E-state index in [1.54, 1.807) is 35.9 Å². The molecule has 0 unspecified atom stereocenters. The molecular weight excluding hydrogens is 414 g/mol. The molecule has 1 heterocycles. The van der Waals surface area contributed by atoms with Crippen LogP contribution < -0.4 is 15.4 Å². The lowest BCUT2D eigenvalue weighted by molar-refractivity contribution is -0.119. The number of hydrogen-bond donors (Lipinski definition) is 2. The van der Waals surface area contributed by atoms with Crippen LogP contribution in [0, 0.1) is 0 Å². The Hall–Kier alpha value is -3.33. The van der Waals surface area contributed by atoms with Crippen molar-refractivity contribution in [3.8, 4) is 5.75 Å². The Morgan fingerprint density at radius 3 is 2.48 bits per heavy atom. The van der Waals surface area contributed by atoms with Crippen LogP contribution in [0.5, 0.6) is 5.75 Å². The number of nitrogens with zero attached hydrogens (tertiary/aromatic N) is 3. The van der Waals surface area contributed by atoms with Gasteiger partial charge in [0, 0.05) is 12.6 Å². The van der Waals surface area contributed by atoms with Gasteiger partial charge in [0.1, 0.15) is 5.75 Å². The van der Waals surface area contributed by atoms with Crippen LogP contribution in [-0.2, 0) is 18.4 Å². The van der Waals surface area contributed by atoms with Crippen LogP contribution in [0.2, 0.25) is 0 Å². The molecule has 0 saturated heterocycles. The number of methoxy groups -OCH3 is 1. The van der Waals surface area contributed by atoms with Crippen molar-refractivity contribution in [2.24, 2.45) is 7.05 Å². The van der Waals surface area contributed by atoms with Crippen LogP contribution in [0.15, 0.2) is 59.8 Å². The zero-order valence-electron chi connectivity index (χ0n) is 17.7. The minimum Gasteiger partial charge on any atom is -0.497 e. The Bertz CT molecular complexity index is 1020. The average Bonchev–Trinajstić information content (AvgIpc) is 3.16. The molecule has 31 heavy (non-hydrogen) atoms. The van der Waals surface area contributed by atoms with Crippen LogP contribution in [0.25, 0.3) is 0 Å². The van der Waals surface area contributed by atoms with Gasteiger partial charge in [0.2, 0.25) is 5.91 Å². The van der Waals surface area contributed by atoms with Gasteiger partial charge in [-0.2, -0.15) is 0 Å².